The molecule has 0 aliphatic heterocycles. The van der Waals surface area contributed by atoms with Crippen molar-refractivity contribution in [3.8, 4) is 11.5 Å². The number of nitrogens with zero attached hydrogens (tertiary/aromatic N) is 1. The van der Waals surface area contributed by atoms with Crippen LogP contribution in [0.3, 0.4) is 0 Å². The van der Waals surface area contributed by atoms with Crippen LogP contribution < -0.4 is 5.56 Å². The number of benzene rings is 1. The van der Waals surface area contributed by atoms with E-state index in [1.807, 2.05) is 24.3 Å². The molecule has 17 heavy (non-hydrogen) atoms. The van der Waals surface area contributed by atoms with E-state index in [1.54, 1.807) is 12.1 Å². The van der Waals surface area contributed by atoms with Gasteiger partial charge in [0, 0.05) is 0 Å². The Bertz CT molecular complexity index is 745. The molecule has 0 bridgehead atoms. The van der Waals surface area contributed by atoms with Crippen molar-refractivity contribution in [2.75, 3.05) is 0 Å². The summed E-state index contributed by atoms with van der Waals surface area (Å²) < 4.78 is 6.13. The maximum Gasteiger partial charge on any atom is 0.278 e. The number of rotatable bonds is 1. The van der Waals surface area contributed by atoms with Gasteiger partial charge < -0.3 is 9.40 Å². The zero-order valence-corrected chi connectivity index (χ0v) is 10.8. The first kappa shape index (κ1) is 10.5. The molecule has 0 spiro atoms. The van der Waals surface area contributed by atoms with Gasteiger partial charge in [-0.05, 0) is 46.9 Å². The molecule has 0 saturated carbocycles. The van der Waals surface area contributed by atoms with E-state index in [4.69, 9.17) is 4.42 Å². The summed E-state index contributed by atoms with van der Waals surface area (Å²) in [7, 11) is 0. The van der Waals surface area contributed by atoms with E-state index in [-0.39, 0.29) is 5.56 Å². The second-order valence-electron chi connectivity index (χ2n) is 3.54. The summed E-state index contributed by atoms with van der Waals surface area (Å²) in [6.07, 6.45) is 0. The summed E-state index contributed by atoms with van der Waals surface area (Å²) in [6, 6.07) is 10.9. The second kappa shape index (κ2) is 3.99. The highest BCUT2D eigenvalue weighted by Crippen LogP contribution is 2.19. The Labute approximate surface area is 110 Å². The van der Waals surface area contributed by atoms with Gasteiger partial charge in [-0.2, -0.15) is 0 Å². The van der Waals surface area contributed by atoms with Gasteiger partial charge in [0.15, 0.2) is 15.2 Å². The number of hydrogen-bond acceptors (Lipinski definition) is 3. The summed E-state index contributed by atoms with van der Waals surface area (Å²) in [6.45, 7) is 0. The van der Waals surface area contributed by atoms with E-state index in [2.05, 4.69) is 32.6 Å². The Morgan fingerprint density at radius 3 is 2.76 bits per heavy atom. The van der Waals surface area contributed by atoms with Crippen molar-refractivity contribution >= 4 is 33.6 Å². The summed E-state index contributed by atoms with van der Waals surface area (Å²) in [5.41, 5.74) is 1.54. The maximum atomic E-state index is 11.9. The molecule has 0 amide bonds. The predicted octanol–water partition coefficient (Wildman–Crippen LogP) is 2.79. The third kappa shape index (κ3) is 1.86. The fraction of sp³-hybridized carbons (Fsp3) is 0. The number of halogens is 1. The van der Waals surface area contributed by atoms with Crippen LogP contribution in [-0.4, -0.2) is 9.97 Å². The number of hydrogen-bond donors (Lipinski definition) is 1. The summed E-state index contributed by atoms with van der Waals surface area (Å²) in [5, 5.41) is 0. The van der Waals surface area contributed by atoms with Crippen molar-refractivity contribution in [3.63, 3.8) is 0 Å². The minimum Gasteiger partial charge on any atom is -0.449 e. The molecule has 84 valence electrons. The lowest BCUT2D eigenvalue weighted by Gasteiger charge is -1.99. The van der Waals surface area contributed by atoms with Gasteiger partial charge >= 0.3 is 0 Å². The van der Waals surface area contributed by atoms with E-state index in [0.29, 0.717) is 11.5 Å². The molecular weight excluding hydrogens is 331 g/mol. The highest BCUT2D eigenvalue weighted by molar-refractivity contribution is 14.1. The van der Waals surface area contributed by atoms with Gasteiger partial charge in [0.1, 0.15) is 0 Å². The molecule has 0 aliphatic carbocycles. The number of nitrogens with one attached hydrogen (secondary N) is 1. The number of para-hydroxylation sites is 2. The average molecular weight is 338 g/mol. The Balaban J connectivity index is 2.30. The average Bonchev–Trinajstić information content (AvgIpc) is 2.75. The van der Waals surface area contributed by atoms with Crippen LogP contribution in [0.15, 0.2) is 45.6 Å². The quantitative estimate of drug-likeness (QED) is 0.694. The Morgan fingerprint density at radius 1 is 1.18 bits per heavy atom. The van der Waals surface area contributed by atoms with Crippen molar-refractivity contribution in [1.29, 1.82) is 0 Å². The van der Waals surface area contributed by atoms with Gasteiger partial charge in [0.2, 0.25) is 0 Å². The Kier molecular flexibility index (Phi) is 2.47. The molecular formula is C12H7IN2O2. The van der Waals surface area contributed by atoms with Gasteiger partial charge in [0.05, 0.1) is 11.0 Å². The van der Waals surface area contributed by atoms with Crippen LogP contribution in [0.25, 0.3) is 22.5 Å². The zero-order valence-electron chi connectivity index (χ0n) is 8.61. The van der Waals surface area contributed by atoms with Crippen molar-refractivity contribution in [1.82, 2.24) is 9.97 Å². The van der Waals surface area contributed by atoms with Gasteiger partial charge in [-0.1, -0.05) is 12.1 Å². The van der Waals surface area contributed by atoms with Crippen LogP contribution in [0.5, 0.6) is 0 Å². The van der Waals surface area contributed by atoms with Crippen LogP contribution in [0.4, 0.5) is 0 Å². The number of H-pyrrole nitrogens is 1. The first-order chi connectivity index (χ1) is 8.24. The van der Waals surface area contributed by atoms with Gasteiger partial charge in [0.25, 0.3) is 5.56 Å². The van der Waals surface area contributed by atoms with E-state index in [0.717, 1.165) is 14.8 Å². The van der Waals surface area contributed by atoms with Gasteiger partial charge in [-0.3, -0.25) is 4.79 Å². The normalized spacial score (nSPS) is 10.9. The first-order valence-corrected chi connectivity index (χ1v) is 6.07. The van der Waals surface area contributed by atoms with E-state index in [9.17, 15) is 4.79 Å². The lowest BCUT2D eigenvalue weighted by molar-refractivity contribution is 0.550. The van der Waals surface area contributed by atoms with Crippen LogP contribution in [0.1, 0.15) is 0 Å². The molecule has 4 nitrogen and oxygen atoms in total. The SMILES string of the molecule is O=c1[nH]c2ccccc2nc1-c1ccc(I)o1. The van der Waals surface area contributed by atoms with Crippen molar-refractivity contribution < 1.29 is 4.42 Å². The molecule has 2 heterocycles. The molecule has 3 rings (SSSR count). The monoisotopic (exact) mass is 338 g/mol. The molecule has 0 unspecified atom stereocenters. The van der Waals surface area contributed by atoms with Crippen LogP contribution >= 0.6 is 22.6 Å². The molecule has 5 heteroatoms. The molecule has 3 aromatic rings. The molecule has 1 N–H and O–H groups in total. The van der Waals surface area contributed by atoms with Gasteiger partial charge in [-0.25, -0.2) is 4.98 Å². The van der Waals surface area contributed by atoms with Crippen molar-refractivity contribution in [3.05, 3.63) is 50.5 Å². The third-order valence-electron chi connectivity index (χ3n) is 2.41. The maximum absolute atomic E-state index is 11.9. The van der Waals surface area contributed by atoms with Crippen LogP contribution in [0.2, 0.25) is 0 Å². The number of aromatic nitrogens is 2. The Morgan fingerprint density at radius 2 is 2.00 bits per heavy atom. The summed E-state index contributed by atoms with van der Waals surface area (Å²) in [5.74, 6) is 0.487. The third-order valence-corrected chi connectivity index (χ3v) is 2.99. The van der Waals surface area contributed by atoms with E-state index in [1.165, 1.54) is 0 Å². The molecule has 0 aliphatic rings. The first-order valence-electron chi connectivity index (χ1n) is 4.99. The Hall–Kier alpha value is -1.63. The number of furan rings is 1. The minimum absolute atomic E-state index is 0.241. The highest BCUT2D eigenvalue weighted by atomic mass is 127. The lowest BCUT2D eigenvalue weighted by atomic mass is 10.2. The smallest absolute Gasteiger partial charge is 0.278 e. The highest BCUT2D eigenvalue weighted by Gasteiger charge is 2.10. The molecule has 1 aromatic carbocycles. The lowest BCUT2D eigenvalue weighted by Crippen LogP contribution is -2.10. The van der Waals surface area contributed by atoms with E-state index >= 15 is 0 Å². The standard InChI is InChI=1S/C12H7IN2O2/c13-10-6-5-9(17-10)11-12(16)15-8-4-2-1-3-7(8)14-11/h1-6H,(H,15,16). The molecule has 0 radical (unpaired) electrons. The molecule has 0 saturated heterocycles. The summed E-state index contributed by atoms with van der Waals surface area (Å²) >= 11 is 2.05. The van der Waals surface area contributed by atoms with Crippen LogP contribution in [-0.2, 0) is 0 Å². The fourth-order valence-electron chi connectivity index (χ4n) is 1.64. The summed E-state index contributed by atoms with van der Waals surface area (Å²) in [4.78, 5) is 19.0. The second-order valence-corrected chi connectivity index (χ2v) is 4.60. The molecule has 2 aromatic heterocycles. The van der Waals surface area contributed by atoms with E-state index < -0.39 is 0 Å². The molecule has 0 atom stereocenters. The molecule has 0 fully saturated rings. The fourth-order valence-corrected chi connectivity index (χ4v) is 2.06. The van der Waals surface area contributed by atoms with Crippen LogP contribution in [0, 0.1) is 3.77 Å². The topological polar surface area (TPSA) is 58.9 Å². The number of fused-ring (bicyclic) bond motifs is 1. The number of aromatic amines is 1. The zero-order chi connectivity index (χ0) is 11.8. The van der Waals surface area contributed by atoms with Crippen molar-refractivity contribution in [2.45, 2.75) is 0 Å². The largest absolute Gasteiger partial charge is 0.449 e. The van der Waals surface area contributed by atoms with Gasteiger partial charge in [-0.15, -0.1) is 0 Å². The predicted molar refractivity (Wildman–Crippen MR) is 72.8 cm³/mol. The minimum atomic E-state index is -0.241. The van der Waals surface area contributed by atoms with Crippen molar-refractivity contribution in [2.24, 2.45) is 0 Å².